The van der Waals surface area contributed by atoms with E-state index in [2.05, 4.69) is 0 Å². The van der Waals surface area contributed by atoms with Gasteiger partial charge in [-0.25, -0.2) is 0 Å². The molecular formula is C11H11NO2. The van der Waals surface area contributed by atoms with Crippen molar-refractivity contribution in [1.29, 1.82) is 0 Å². The molecule has 2 aliphatic rings. The molecule has 2 aliphatic heterocycles. The lowest BCUT2D eigenvalue weighted by Crippen LogP contribution is -2.24. The van der Waals surface area contributed by atoms with Crippen LogP contribution in [0.4, 0.5) is 0 Å². The minimum atomic E-state index is -0.131. The van der Waals surface area contributed by atoms with Gasteiger partial charge in [0.15, 0.2) is 6.23 Å². The second-order valence-electron chi connectivity index (χ2n) is 3.84. The molecule has 2 atom stereocenters. The Kier molecular flexibility index (Phi) is 1.47. The summed E-state index contributed by atoms with van der Waals surface area (Å²) in [4.78, 5) is 13.7. The van der Waals surface area contributed by atoms with Gasteiger partial charge in [-0.05, 0) is 13.0 Å². The summed E-state index contributed by atoms with van der Waals surface area (Å²) in [6.45, 7) is 2.70. The van der Waals surface area contributed by atoms with E-state index in [-0.39, 0.29) is 18.2 Å². The van der Waals surface area contributed by atoms with E-state index in [1.165, 1.54) is 0 Å². The molecule has 0 radical (unpaired) electrons. The SMILES string of the molecule is C[C@H]1CN2C(=O)c3ccccc3[C@@H]2O1. The summed E-state index contributed by atoms with van der Waals surface area (Å²) in [5.74, 6) is 0.106. The molecule has 3 nitrogen and oxygen atoms in total. The van der Waals surface area contributed by atoms with Crippen molar-refractivity contribution in [2.24, 2.45) is 0 Å². The highest BCUT2D eigenvalue weighted by molar-refractivity contribution is 5.99. The van der Waals surface area contributed by atoms with Gasteiger partial charge < -0.3 is 9.64 Å². The minimum Gasteiger partial charge on any atom is -0.349 e. The van der Waals surface area contributed by atoms with Crippen LogP contribution in [-0.4, -0.2) is 23.5 Å². The van der Waals surface area contributed by atoms with E-state index in [1.54, 1.807) is 4.90 Å². The highest BCUT2D eigenvalue weighted by Gasteiger charge is 2.42. The molecule has 72 valence electrons. The molecule has 0 spiro atoms. The standard InChI is InChI=1S/C11H11NO2/c1-7-6-12-10(13)8-4-2-3-5-9(8)11(12)14-7/h2-5,7,11H,6H2,1H3/t7-,11-/m0/s1. The maximum absolute atomic E-state index is 11.9. The molecule has 0 saturated carbocycles. The third-order valence-corrected chi connectivity index (χ3v) is 2.82. The summed E-state index contributed by atoms with van der Waals surface area (Å²) in [6, 6.07) is 7.67. The van der Waals surface area contributed by atoms with Gasteiger partial charge in [-0.3, -0.25) is 4.79 Å². The number of benzene rings is 1. The average molecular weight is 189 g/mol. The molecule has 3 heteroatoms. The van der Waals surface area contributed by atoms with Crippen LogP contribution in [0.5, 0.6) is 0 Å². The summed E-state index contributed by atoms with van der Waals surface area (Å²) in [5.41, 5.74) is 1.81. The Balaban J connectivity index is 2.12. The minimum absolute atomic E-state index is 0.106. The summed E-state index contributed by atoms with van der Waals surface area (Å²) >= 11 is 0. The van der Waals surface area contributed by atoms with Crippen molar-refractivity contribution in [3.05, 3.63) is 35.4 Å². The molecule has 1 aromatic rings. The van der Waals surface area contributed by atoms with Crippen LogP contribution in [0.25, 0.3) is 0 Å². The molecule has 0 aliphatic carbocycles. The van der Waals surface area contributed by atoms with Crippen LogP contribution in [-0.2, 0) is 4.74 Å². The van der Waals surface area contributed by atoms with Gasteiger partial charge in [0.1, 0.15) is 0 Å². The van der Waals surface area contributed by atoms with Gasteiger partial charge in [-0.15, -0.1) is 0 Å². The predicted octanol–water partition coefficient (Wildman–Crippen LogP) is 1.56. The van der Waals surface area contributed by atoms with E-state index in [0.29, 0.717) is 6.54 Å². The Morgan fingerprint density at radius 1 is 1.43 bits per heavy atom. The van der Waals surface area contributed by atoms with Gasteiger partial charge in [-0.1, -0.05) is 18.2 Å². The fraction of sp³-hybridized carbons (Fsp3) is 0.364. The summed E-state index contributed by atoms with van der Waals surface area (Å²) in [7, 11) is 0. The number of ether oxygens (including phenoxy) is 1. The number of fused-ring (bicyclic) bond motifs is 3. The zero-order valence-electron chi connectivity index (χ0n) is 7.93. The van der Waals surface area contributed by atoms with Crippen molar-refractivity contribution in [2.75, 3.05) is 6.54 Å². The molecule has 1 saturated heterocycles. The molecule has 14 heavy (non-hydrogen) atoms. The van der Waals surface area contributed by atoms with Crippen molar-refractivity contribution in [3.63, 3.8) is 0 Å². The van der Waals surface area contributed by atoms with Gasteiger partial charge in [0.2, 0.25) is 0 Å². The molecule has 0 unspecified atom stereocenters. The van der Waals surface area contributed by atoms with Gasteiger partial charge in [0.05, 0.1) is 6.10 Å². The molecule has 0 N–H and O–H groups in total. The molecule has 1 fully saturated rings. The molecule has 0 bridgehead atoms. The maximum atomic E-state index is 11.9. The monoisotopic (exact) mass is 189 g/mol. The fourth-order valence-corrected chi connectivity index (χ4v) is 2.20. The zero-order valence-corrected chi connectivity index (χ0v) is 7.93. The van der Waals surface area contributed by atoms with Crippen LogP contribution in [0.15, 0.2) is 24.3 Å². The van der Waals surface area contributed by atoms with Gasteiger partial charge in [0.25, 0.3) is 5.91 Å². The molecular weight excluding hydrogens is 178 g/mol. The summed E-state index contributed by atoms with van der Waals surface area (Å²) in [6.07, 6.45) is 0.0195. The van der Waals surface area contributed by atoms with Gasteiger partial charge >= 0.3 is 0 Å². The third-order valence-electron chi connectivity index (χ3n) is 2.82. The van der Waals surface area contributed by atoms with Crippen LogP contribution in [0.3, 0.4) is 0 Å². The van der Waals surface area contributed by atoms with Crippen LogP contribution >= 0.6 is 0 Å². The van der Waals surface area contributed by atoms with Crippen LogP contribution in [0.1, 0.15) is 29.1 Å². The van der Waals surface area contributed by atoms with Gasteiger partial charge in [0, 0.05) is 17.7 Å². The number of nitrogens with zero attached hydrogens (tertiary/aromatic N) is 1. The highest BCUT2D eigenvalue weighted by Crippen LogP contribution is 2.39. The number of amides is 1. The Morgan fingerprint density at radius 3 is 3.07 bits per heavy atom. The lowest BCUT2D eigenvalue weighted by Gasteiger charge is -2.12. The van der Waals surface area contributed by atoms with Crippen molar-refractivity contribution in [3.8, 4) is 0 Å². The van der Waals surface area contributed by atoms with E-state index >= 15 is 0 Å². The second-order valence-corrected chi connectivity index (χ2v) is 3.84. The first kappa shape index (κ1) is 8.00. The summed E-state index contributed by atoms with van der Waals surface area (Å²) < 4.78 is 5.69. The fourth-order valence-electron chi connectivity index (χ4n) is 2.20. The molecule has 3 rings (SSSR count). The van der Waals surface area contributed by atoms with E-state index in [9.17, 15) is 4.79 Å². The Bertz CT molecular complexity index is 402. The maximum Gasteiger partial charge on any atom is 0.256 e. The lowest BCUT2D eigenvalue weighted by atomic mass is 10.1. The molecule has 2 heterocycles. The highest BCUT2D eigenvalue weighted by atomic mass is 16.5. The number of carbonyl (C=O) groups excluding carboxylic acids is 1. The normalized spacial score (nSPS) is 29.2. The second kappa shape index (κ2) is 2.58. The number of rotatable bonds is 0. The lowest BCUT2D eigenvalue weighted by molar-refractivity contribution is 0.0156. The van der Waals surface area contributed by atoms with E-state index in [1.807, 2.05) is 31.2 Å². The Labute approximate surface area is 82.3 Å². The van der Waals surface area contributed by atoms with E-state index < -0.39 is 0 Å². The Hall–Kier alpha value is -1.35. The van der Waals surface area contributed by atoms with Crippen molar-refractivity contribution >= 4 is 5.91 Å². The number of carbonyl (C=O) groups is 1. The average Bonchev–Trinajstić information content (AvgIpc) is 2.68. The largest absolute Gasteiger partial charge is 0.349 e. The van der Waals surface area contributed by atoms with Crippen molar-refractivity contribution in [2.45, 2.75) is 19.3 Å². The molecule has 1 aromatic carbocycles. The smallest absolute Gasteiger partial charge is 0.256 e. The van der Waals surface area contributed by atoms with Gasteiger partial charge in [-0.2, -0.15) is 0 Å². The van der Waals surface area contributed by atoms with Crippen LogP contribution in [0.2, 0.25) is 0 Å². The third kappa shape index (κ3) is 0.876. The first-order valence-corrected chi connectivity index (χ1v) is 4.83. The first-order valence-electron chi connectivity index (χ1n) is 4.83. The van der Waals surface area contributed by atoms with Crippen LogP contribution < -0.4 is 0 Å². The van der Waals surface area contributed by atoms with Crippen LogP contribution in [0, 0.1) is 0 Å². The quantitative estimate of drug-likeness (QED) is 0.619. The number of hydrogen-bond donors (Lipinski definition) is 0. The predicted molar refractivity (Wildman–Crippen MR) is 50.8 cm³/mol. The van der Waals surface area contributed by atoms with Crippen molar-refractivity contribution in [1.82, 2.24) is 4.90 Å². The number of hydrogen-bond acceptors (Lipinski definition) is 2. The Morgan fingerprint density at radius 2 is 2.21 bits per heavy atom. The zero-order chi connectivity index (χ0) is 9.71. The van der Waals surface area contributed by atoms with E-state index in [0.717, 1.165) is 11.1 Å². The molecule has 0 aromatic heterocycles. The first-order chi connectivity index (χ1) is 6.77. The molecule has 1 amide bonds. The summed E-state index contributed by atoms with van der Waals surface area (Å²) in [5, 5.41) is 0. The van der Waals surface area contributed by atoms with Crippen molar-refractivity contribution < 1.29 is 9.53 Å². The van der Waals surface area contributed by atoms with E-state index in [4.69, 9.17) is 4.74 Å². The topological polar surface area (TPSA) is 29.5 Å².